The lowest BCUT2D eigenvalue weighted by atomic mass is 10.1. The van der Waals surface area contributed by atoms with Crippen LogP contribution in [-0.2, 0) is 28.5 Å². The van der Waals surface area contributed by atoms with Gasteiger partial charge in [-0.1, -0.05) is 117 Å². The van der Waals surface area contributed by atoms with E-state index in [1.165, 1.54) is 116 Å². The Kier molecular flexibility index (Phi) is 31.3. The van der Waals surface area contributed by atoms with E-state index in [-0.39, 0.29) is 59.1 Å². The molecule has 0 saturated carbocycles. The van der Waals surface area contributed by atoms with Crippen molar-refractivity contribution in [1.82, 2.24) is 0 Å². The van der Waals surface area contributed by atoms with Gasteiger partial charge in [0.15, 0.2) is 13.1 Å². The van der Waals surface area contributed by atoms with Crippen molar-refractivity contribution >= 4 is 11.9 Å². The lowest BCUT2D eigenvalue weighted by Gasteiger charge is -2.40. The summed E-state index contributed by atoms with van der Waals surface area (Å²) in [5, 5.41) is 0. The molecule has 0 unspecified atom stereocenters. The maximum atomic E-state index is 12.8. The van der Waals surface area contributed by atoms with Gasteiger partial charge in [0.05, 0.1) is 39.5 Å². The monoisotopic (exact) mass is 812 g/mol. The molecule has 8 nitrogen and oxygen atoms in total. The van der Waals surface area contributed by atoms with E-state index in [1.807, 2.05) is 0 Å². The molecular weight excluding hydrogens is 740 g/mol. The molecule has 0 N–H and O–H groups in total. The third-order valence-electron chi connectivity index (χ3n) is 10.4. The molecule has 0 aromatic carbocycles. The van der Waals surface area contributed by atoms with Gasteiger partial charge in [-0.3, -0.25) is 0 Å². The van der Waals surface area contributed by atoms with Gasteiger partial charge in [0.25, 0.3) is 0 Å². The number of nitrogens with zero attached hydrogens (tertiary/aromatic N) is 2. The van der Waals surface area contributed by atoms with Crippen LogP contribution in [0.5, 0.6) is 0 Å². The third-order valence-corrected chi connectivity index (χ3v) is 10.4. The summed E-state index contributed by atoms with van der Waals surface area (Å²) in [7, 11) is 0. The van der Waals surface area contributed by atoms with Crippen LogP contribution in [0.3, 0.4) is 0 Å². The first-order chi connectivity index (χ1) is 22.5. The van der Waals surface area contributed by atoms with Crippen LogP contribution in [-0.4, -0.2) is 113 Å². The molecule has 2 saturated heterocycles. The van der Waals surface area contributed by atoms with Gasteiger partial charge < -0.3 is 61.9 Å². The highest BCUT2D eigenvalue weighted by atomic mass is 79.9. The predicted molar refractivity (Wildman–Crippen MR) is 187 cm³/mol. The number of halogens is 2. The number of carbonyl (C=O) groups excluding carboxylic acids is 2. The first-order valence-corrected chi connectivity index (χ1v) is 19.7. The van der Waals surface area contributed by atoms with Crippen molar-refractivity contribution < 1.29 is 71.5 Å². The molecule has 0 atom stereocenters. The Morgan fingerprint density at radius 2 is 0.729 bits per heavy atom. The van der Waals surface area contributed by atoms with Crippen LogP contribution in [0, 0.1) is 0 Å². The van der Waals surface area contributed by atoms with E-state index >= 15 is 0 Å². The van der Waals surface area contributed by atoms with Crippen molar-refractivity contribution in [3.8, 4) is 0 Å². The summed E-state index contributed by atoms with van der Waals surface area (Å²) in [4.78, 5) is 25.7. The Labute approximate surface area is 316 Å². The van der Waals surface area contributed by atoms with Gasteiger partial charge in [-0.25, -0.2) is 9.59 Å². The number of carbonyl (C=O) groups is 2. The summed E-state index contributed by atoms with van der Waals surface area (Å²) >= 11 is 0. The molecule has 2 rings (SSSR count). The molecule has 2 heterocycles. The molecule has 2 aliphatic heterocycles. The van der Waals surface area contributed by atoms with E-state index in [0.717, 1.165) is 61.1 Å². The molecule has 0 aromatic heterocycles. The number of morpholine rings is 2. The maximum Gasteiger partial charge on any atom is 0.361 e. The molecule has 0 amide bonds. The molecule has 0 aromatic rings. The van der Waals surface area contributed by atoms with Gasteiger partial charge in [-0.2, -0.15) is 0 Å². The molecule has 2 aliphatic rings. The number of quaternary nitrogens is 2. The molecular formula is C38H74Br2N2O6. The summed E-state index contributed by atoms with van der Waals surface area (Å²) in [5.41, 5.74) is 0. The highest BCUT2D eigenvalue weighted by molar-refractivity contribution is 5.71. The number of rotatable bonds is 29. The van der Waals surface area contributed by atoms with E-state index in [4.69, 9.17) is 18.9 Å². The predicted octanol–water partition coefficient (Wildman–Crippen LogP) is 1.62. The van der Waals surface area contributed by atoms with Crippen LogP contribution in [0.1, 0.15) is 142 Å². The summed E-state index contributed by atoms with van der Waals surface area (Å²) in [5.74, 6) is -0.384. The Bertz CT molecular complexity index is 701. The normalized spacial score (nSPS) is 16.8. The minimum absolute atomic E-state index is 0. The molecule has 0 spiro atoms. The first kappa shape index (κ1) is 47.7. The van der Waals surface area contributed by atoms with E-state index in [0.29, 0.717) is 39.5 Å². The average molecular weight is 815 g/mol. The Balaban J connectivity index is 0.0000110. The zero-order chi connectivity index (χ0) is 33.0. The number of hydrogen-bond donors (Lipinski definition) is 0. The summed E-state index contributed by atoms with van der Waals surface area (Å²) in [6, 6.07) is 0. The minimum atomic E-state index is -0.192. The minimum Gasteiger partial charge on any atom is -1.00 e. The second kappa shape index (κ2) is 31.5. The van der Waals surface area contributed by atoms with Crippen LogP contribution < -0.4 is 34.0 Å². The number of hydrogen-bond acceptors (Lipinski definition) is 6. The largest absolute Gasteiger partial charge is 1.00 e. The summed E-state index contributed by atoms with van der Waals surface area (Å²) in [6.45, 7) is 13.8. The van der Waals surface area contributed by atoms with Crippen molar-refractivity contribution in [2.24, 2.45) is 0 Å². The van der Waals surface area contributed by atoms with Gasteiger partial charge >= 0.3 is 11.9 Å². The number of esters is 2. The smallest absolute Gasteiger partial charge is 0.361 e. The van der Waals surface area contributed by atoms with Gasteiger partial charge in [0, 0.05) is 0 Å². The number of ether oxygens (including phenoxy) is 4. The quantitative estimate of drug-likeness (QED) is 0.0651. The topological polar surface area (TPSA) is 71.1 Å². The Morgan fingerprint density at radius 1 is 0.458 bits per heavy atom. The third kappa shape index (κ3) is 23.3. The van der Waals surface area contributed by atoms with Crippen LogP contribution in [0.2, 0.25) is 0 Å². The van der Waals surface area contributed by atoms with Crippen LogP contribution in [0.15, 0.2) is 0 Å². The molecule has 0 bridgehead atoms. The summed E-state index contributed by atoms with van der Waals surface area (Å²) in [6.07, 6.45) is 26.3. The zero-order valence-corrected chi connectivity index (χ0v) is 34.3. The van der Waals surface area contributed by atoms with E-state index in [1.54, 1.807) is 0 Å². The molecule has 48 heavy (non-hydrogen) atoms. The molecule has 0 aliphatic carbocycles. The highest BCUT2D eigenvalue weighted by Gasteiger charge is 2.34. The second-order valence-electron chi connectivity index (χ2n) is 14.4. The standard InChI is InChI=1S/C38H74N2O6.2BrH/c1-3-5-7-9-11-13-15-17-19-21-23-39(25-29-43-30-26-39)35-37(41)45-33-34-46-38(42)36-40(27-31-44-32-28-40)24-22-20-18-16-14-12-10-8-6-4-2;;/h3-36H2,1-2H3;2*1H/q+2;;/p-2. The van der Waals surface area contributed by atoms with Gasteiger partial charge in [0.1, 0.15) is 39.4 Å². The van der Waals surface area contributed by atoms with Crippen molar-refractivity contribution in [2.45, 2.75) is 142 Å². The van der Waals surface area contributed by atoms with Gasteiger partial charge in [-0.15, -0.1) is 0 Å². The van der Waals surface area contributed by atoms with Crippen molar-refractivity contribution in [3.63, 3.8) is 0 Å². The second-order valence-corrected chi connectivity index (χ2v) is 14.4. The summed E-state index contributed by atoms with van der Waals surface area (Å²) < 4.78 is 23.9. The van der Waals surface area contributed by atoms with Gasteiger partial charge in [-0.05, 0) is 25.7 Å². The fraction of sp³-hybridized carbons (Fsp3) is 0.947. The van der Waals surface area contributed by atoms with E-state index in [2.05, 4.69) is 13.8 Å². The lowest BCUT2D eigenvalue weighted by Crippen LogP contribution is -3.00. The van der Waals surface area contributed by atoms with E-state index in [9.17, 15) is 9.59 Å². The van der Waals surface area contributed by atoms with E-state index < -0.39 is 0 Å². The van der Waals surface area contributed by atoms with Crippen LogP contribution >= 0.6 is 0 Å². The Morgan fingerprint density at radius 3 is 1.02 bits per heavy atom. The SMILES string of the molecule is CCCCCCCCCCCC[N+]1(CC(=O)OCCOC(=O)C[N+]2(CCCCCCCCCCCC)CCOCC2)CCOCC1.[Br-].[Br-]. The fourth-order valence-electron chi connectivity index (χ4n) is 7.20. The molecule has 0 radical (unpaired) electrons. The van der Waals surface area contributed by atoms with Crippen molar-refractivity contribution in [3.05, 3.63) is 0 Å². The zero-order valence-electron chi connectivity index (χ0n) is 31.1. The highest BCUT2D eigenvalue weighted by Crippen LogP contribution is 2.18. The number of unbranched alkanes of at least 4 members (excludes halogenated alkanes) is 18. The van der Waals surface area contributed by atoms with Crippen molar-refractivity contribution in [1.29, 1.82) is 0 Å². The molecule has 286 valence electrons. The van der Waals surface area contributed by atoms with Crippen LogP contribution in [0.25, 0.3) is 0 Å². The Hall–Kier alpha value is -0.260. The maximum absolute atomic E-state index is 12.8. The average Bonchev–Trinajstić information content (AvgIpc) is 3.06. The van der Waals surface area contributed by atoms with Crippen LogP contribution in [0.4, 0.5) is 0 Å². The fourth-order valence-corrected chi connectivity index (χ4v) is 7.20. The molecule has 2 fully saturated rings. The lowest BCUT2D eigenvalue weighted by molar-refractivity contribution is -0.928. The molecule has 10 heteroatoms. The van der Waals surface area contributed by atoms with Gasteiger partial charge in [0.2, 0.25) is 0 Å². The first-order valence-electron chi connectivity index (χ1n) is 19.7. The van der Waals surface area contributed by atoms with Crippen molar-refractivity contribution in [2.75, 3.05) is 92.0 Å².